The van der Waals surface area contributed by atoms with Crippen LogP contribution in [0, 0.1) is 0 Å². The molecule has 2 rings (SSSR count). The molecule has 4 heteroatoms. The Hall–Kier alpha value is -0.160. The molecule has 2 saturated heterocycles. The smallest absolute Gasteiger partial charge is 0.104 e. The Morgan fingerprint density at radius 3 is 2.92 bits per heavy atom. The molecule has 76 valence electrons. The zero-order chi connectivity index (χ0) is 8.93. The molecule has 0 aliphatic carbocycles. The number of nitrogens with one attached hydrogen (secondary N) is 2. The highest BCUT2D eigenvalue weighted by Gasteiger charge is 2.18. The van der Waals surface area contributed by atoms with E-state index in [-0.39, 0.29) is 0 Å². The van der Waals surface area contributed by atoms with Crippen LogP contribution in [-0.2, 0) is 9.57 Å². The van der Waals surface area contributed by atoms with Gasteiger partial charge in [0.05, 0.1) is 6.10 Å². The second-order valence-electron chi connectivity index (χ2n) is 3.74. The SMILES string of the molecule is C1CCC(CNOC2CNC2)OC1. The van der Waals surface area contributed by atoms with Gasteiger partial charge in [-0.05, 0) is 19.3 Å². The maximum Gasteiger partial charge on any atom is 0.104 e. The van der Waals surface area contributed by atoms with E-state index < -0.39 is 0 Å². The van der Waals surface area contributed by atoms with Crippen LogP contribution in [0.2, 0.25) is 0 Å². The van der Waals surface area contributed by atoms with E-state index in [1.807, 2.05) is 0 Å². The quantitative estimate of drug-likeness (QED) is 0.609. The van der Waals surface area contributed by atoms with E-state index in [1.165, 1.54) is 19.3 Å². The lowest BCUT2D eigenvalue weighted by Gasteiger charge is -2.28. The van der Waals surface area contributed by atoms with E-state index in [2.05, 4.69) is 10.8 Å². The lowest BCUT2D eigenvalue weighted by atomic mass is 10.1. The van der Waals surface area contributed by atoms with Gasteiger partial charge in [0, 0.05) is 26.2 Å². The number of hydroxylamine groups is 1. The summed E-state index contributed by atoms with van der Waals surface area (Å²) in [5.41, 5.74) is 2.99. The summed E-state index contributed by atoms with van der Waals surface area (Å²) in [6, 6.07) is 0. The Morgan fingerprint density at radius 1 is 1.38 bits per heavy atom. The zero-order valence-electron chi connectivity index (χ0n) is 7.92. The Labute approximate surface area is 78.9 Å². The summed E-state index contributed by atoms with van der Waals surface area (Å²) in [6.45, 7) is 3.69. The summed E-state index contributed by atoms with van der Waals surface area (Å²) < 4.78 is 5.55. The van der Waals surface area contributed by atoms with Crippen molar-refractivity contribution in [2.24, 2.45) is 0 Å². The van der Waals surface area contributed by atoms with E-state index in [0.29, 0.717) is 12.2 Å². The van der Waals surface area contributed by atoms with Crippen LogP contribution in [0.15, 0.2) is 0 Å². The highest BCUT2D eigenvalue weighted by molar-refractivity contribution is 4.74. The van der Waals surface area contributed by atoms with Crippen molar-refractivity contribution in [2.75, 3.05) is 26.2 Å². The van der Waals surface area contributed by atoms with Gasteiger partial charge in [-0.3, -0.25) is 4.84 Å². The minimum absolute atomic E-state index is 0.363. The number of hydrogen-bond acceptors (Lipinski definition) is 4. The first-order chi connectivity index (χ1) is 6.45. The first kappa shape index (κ1) is 9.40. The molecule has 4 nitrogen and oxygen atoms in total. The van der Waals surface area contributed by atoms with Gasteiger partial charge in [0.1, 0.15) is 6.10 Å². The largest absolute Gasteiger partial charge is 0.377 e. The Kier molecular flexibility index (Phi) is 3.55. The van der Waals surface area contributed by atoms with E-state index in [1.54, 1.807) is 0 Å². The van der Waals surface area contributed by atoms with Crippen LogP contribution in [0.1, 0.15) is 19.3 Å². The lowest BCUT2D eigenvalue weighted by Crippen LogP contribution is -2.51. The van der Waals surface area contributed by atoms with Gasteiger partial charge >= 0.3 is 0 Å². The molecule has 0 aromatic carbocycles. The van der Waals surface area contributed by atoms with Gasteiger partial charge < -0.3 is 10.1 Å². The number of rotatable bonds is 4. The van der Waals surface area contributed by atoms with Gasteiger partial charge in [0.2, 0.25) is 0 Å². The van der Waals surface area contributed by atoms with Crippen LogP contribution in [0.3, 0.4) is 0 Å². The van der Waals surface area contributed by atoms with Gasteiger partial charge in [0.15, 0.2) is 0 Å². The van der Waals surface area contributed by atoms with Gasteiger partial charge in [-0.1, -0.05) is 0 Å². The molecule has 0 amide bonds. The van der Waals surface area contributed by atoms with Gasteiger partial charge in [-0.25, -0.2) is 0 Å². The average molecular weight is 186 g/mol. The summed E-state index contributed by atoms with van der Waals surface area (Å²) in [6.07, 6.45) is 4.39. The Balaban J connectivity index is 1.50. The monoisotopic (exact) mass is 186 g/mol. The van der Waals surface area contributed by atoms with Crippen molar-refractivity contribution < 1.29 is 9.57 Å². The van der Waals surface area contributed by atoms with Gasteiger partial charge in [-0.15, -0.1) is 0 Å². The molecule has 0 aromatic heterocycles. The Morgan fingerprint density at radius 2 is 2.31 bits per heavy atom. The second kappa shape index (κ2) is 4.91. The summed E-state index contributed by atoms with van der Waals surface area (Å²) in [5.74, 6) is 0. The molecule has 2 heterocycles. The lowest BCUT2D eigenvalue weighted by molar-refractivity contribution is -0.0770. The normalized spacial score (nSPS) is 30.0. The molecule has 0 radical (unpaired) electrons. The van der Waals surface area contributed by atoms with Crippen LogP contribution in [0.25, 0.3) is 0 Å². The predicted octanol–water partition coefficient (Wildman–Crippen LogP) is 0.0485. The van der Waals surface area contributed by atoms with Crippen molar-refractivity contribution in [1.29, 1.82) is 0 Å². The molecule has 0 bridgehead atoms. The fourth-order valence-electron chi connectivity index (χ4n) is 1.57. The summed E-state index contributed by atoms with van der Waals surface area (Å²) in [4.78, 5) is 5.39. The maximum atomic E-state index is 5.55. The van der Waals surface area contributed by atoms with Crippen molar-refractivity contribution >= 4 is 0 Å². The van der Waals surface area contributed by atoms with Crippen LogP contribution in [-0.4, -0.2) is 38.4 Å². The minimum atomic E-state index is 0.363. The summed E-state index contributed by atoms with van der Waals surface area (Å²) >= 11 is 0. The van der Waals surface area contributed by atoms with Crippen LogP contribution in [0.4, 0.5) is 0 Å². The number of hydrogen-bond donors (Lipinski definition) is 2. The van der Waals surface area contributed by atoms with E-state index >= 15 is 0 Å². The fourth-order valence-corrected chi connectivity index (χ4v) is 1.57. The fraction of sp³-hybridized carbons (Fsp3) is 1.00. The highest BCUT2D eigenvalue weighted by atomic mass is 16.7. The molecule has 0 spiro atoms. The third-order valence-electron chi connectivity index (χ3n) is 2.58. The molecular weight excluding hydrogens is 168 g/mol. The second-order valence-corrected chi connectivity index (χ2v) is 3.74. The van der Waals surface area contributed by atoms with E-state index in [0.717, 1.165) is 26.2 Å². The van der Waals surface area contributed by atoms with E-state index in [9.17, 15) is 0 Å². The highest BCUT2D eigenvalue weighted by Crippen LogP contribution is 2.11. The summed E-state index contributed by atoms with van der Waals surface area (Å²) in [5, 5.41) is 3.15. The molecule has 0 saturated carbocycles. The van der Waals surface area contributed by atoms with Crippen LogP contribution < -0.4 is 10.8 Å². The minimum Gasteiger partial charge on any atom is -0.377 e. The van der Waals surface area contributed by atoms with E-state index in [4.69, 9.17) is 9.57 Å². The molecule has 2 fully saturated rings. The van der Waals surface area contributed by atoms with Gasteiger partial charge in [-0.2, -0.15) is 5.48 Å². The van der Waals surface area contributed by atoms with Crippen molar-refractivity contribution in [2.45, 2.75) is 31.5 Å². The van der Waals surface area contributed by atoms with Crippen molar-refractivity contribution in [1.82, 2.24) is 10.8 Å². The maximum absolute atomic E-state index is 5.55. The third kappa shape index (κ3) is 2.91. The topological polar surface area (TPSA) is 42.5 Å². The first-order valence-corrected chi connectivity index (χ1v) is 5.16. The molecule has 1 atom stereocenters. The molecule has 2 aliphatic heterocycles. The molecule has 2 aliphatic rings. The first-order valence-electron chi connectivity index (χ1n) is 5.16. The van der Waals surface area contributed by atoms with Crippen molar-refractivity contribution in [3.8, 4) is 0 Å². The molecule has 1 unspecified atom stereocenters. The van der Waals surface area contributed by atoms with Crippen LogP contribution >= 0.6 is 0 Å². The molecular formula is C9H18N2O2. The number of ether oxygens (including phenoxy) is 1. The van der Waals surface area contributed by atoms with Gasteiger partial charge in [0.25, 0.3) is 0 Å². The third-order valence-corrected chi connectivity index (χ3v) is 2.58. The zero-order valence-corrected chi connectivity index (χ0v) is 7.92. The molecule has 13 heavy (non-hydrogen) atoms. The molecule has 0 aromatic rings. The van der Waals surface area contributed by atoms with Crippen molar-refractivity contribution in [3.05, 3.63) is 0 Å². The Bertz CT molecular complexity index is 145. The average Bonchev–Trinajstić information content (AvgIpc) is 2.11. The molecule has 2 N–H and O–H groups in total. The summed E-state index contributed by atoms with van der Waals surface area (Å²) in [7, 11) is 0. The standard InChI is InChI=1S/C9H18N2O2/c1-2-4-12-8(3-1)7-11-13-9-5-10-6-9/h8-11H,1-7H2. The van der Waals surface area contributed by atoms with Crippen LogP contribution in [0.5, 0.6) is 0 Å². The van der Waals surface area contributed by atoms with Crippen molar-refractivity contribution in [3.63, 3.8) is 0 Å². The predicted molar refractivity (Wildman–Crippen MR) is 49.3 cm³/mol.